The monoisotopic (exact) mass is 353 g/mol. The maximum absolute atomic E-state index is 12.7. The van der Waals surface area contributed by atoms with E-state index in [1.165, 1.54) is 36.9 Å². The first kappa shape index (κ1) is 16.8. The molecule has 0 aromatic heterocycles. The highest BCUT2D eigenvalue weighted by molar-refractivity contribution is 5.82. The van der Waals surface area contributed by atoms with Gasteiger partial charge in [-0.15, -0.1) is 0 Å². The van der Waals surface area contributed by atoms with Crippen molar-refractivity contribution in [2.24, 2.45) is 17.8 Å². The Morgan fingerprint density at radius 3 is 2.85 bits per heavy atom. The van der Waals surface area contributed by atoms with Crippen molar-refractivity contribution in [1.82, 2.24) is 4.90 Å². The molecule has 0 N–H and O–H groups in total. The van der Waals surface area contributed by atoms with Gasteiger partial charge in [-0.2, -0.15) is 0 Å². The van der Waals surface area contributed by atoms with Crippen LogP contribution in [0.5, 0.6) is 5.75 Å². The highest BCUT2D eigenvalue weighted by atomic mass is 16.5. The molecule has 1 aromatic carbocycles. The van der Waals surface area contributed by atoms with Gasteiger partial charge in [0.2, 0.25) is 0 Å². The smallest absolute Gasteiger partial charge is 0.134 e. The Morgan fingerprint density at radius 1 is 1.27 bits per heavy atom. The molecule has 2 saturated carbocycles. The first-order valence-electron chi connectivity index (χ1n) is 10.5. The van der Waals surface area contributed by atoms with Crippen molar-refractivity contribution in [2.75, 3.05) is 20.2 Å². The molecule has 1 saturated heterocycles. The molecule has 3 aliphatic carbocycles. The van der Waals surface area contributed by atoms with Gasteiger partial charge in [-0.3, -0.25) is 9.69 Å². The van der Waals surface area contributed by atoms with E-state index in [1.54, 1.807) is 7.11 Å². The average Bonchev–Trinajstić information content (AvgIpc) is 2.58. The molecule has 4 aliphatic rings. The standard InChI is InChI=1S/C23H31NO2/c1-15-10-18(25)13-23-8-9-24(14-16-4-3-5-16)21(22(15)23)11-17-6-7-19(26-2)12-20(17)23/h6-7,12,15-16,21-22H,3-5,8-11,13-14H2,1-2H3/t15-,21?,22-,23?/m0/s1. The quantitative estimate of drug-likeness (QED) is 0.823. The number of nitrogens with zero attached hydrogens (tertiary/aromatic N) is 1. The Labute approximate surface area is 157 Å². The van der Waals surface area contributed by atoms with E-state index in [4.69, 9.17) is 4.74 Å². The first-order valence-corrected chi connectivity index (χ1v) is 10.5. The van der Waals surface area contributed by atoms with Crippen LogP contribution >= 0.6 is 0 Å². The van der Waals surface area contributed by atoms with E-state index in [-0.39, 0.29) is 5.41 Å². The SMILES string of the molecule is COc1ccc2c(c1)C13CCN(CC4CCC4)C(C2)[C@@H]1[C@@H](C)CC(=O)C3. The van der Waals surface area contributed by atoms with Crippen LogP contribution in [-0.4, -0.2) is 36.9 Å². The van der Waals surface area contributed by atoms with Crippen LogP contribution in [0.25, 0.3) is 0 Å². The molecule has 2 bridgehead atoms. The number of carbonyl (C=O) groups excluding carboxylic acids is 1. The van der Waals surface area contributed by atoms with Gasteiger partial charge in [0.25, 0.3) is 0 Å². The summed E-state index contributed by atoms with van der Waals surface area (Å²) >= 11 is 0. The summed E-state index contributed by atoms with van der Waals surface area (Å²) in [7, 11) is 1.75. The summed E-state index contributed by atoms with van der Waals surface area (Å²) < 4.78 is 5.55. The highest BCUT2D eigenvalue weighted by Crippen LogP contribution is 2.57. The molecule has 26 heavy (non-hydrogen) atoms. The lowest BCUT2D eigenvalue weighted by atomic mass is 9.49. The largest absolute Gasteiger partial charge is 0.497 e. The molecule has 5 rings (SSSR count). The lowest BCUT2D eigenvalue weighted by Gasteiger charge is -2.61. The van der Waals surface area contributed by atoms with E-state index in [2.05, 4.69) is 30.0 Å². The Balaban J connectivity index is 1.58. The van der Waals surface area contributed by atoms with Crippen molar-refractivity contribution < 1.29 is 9.53 Å². The van der Waals surface area contributed by atoms with Crippen LogP contribution < -0.4 is 4.74 Å². The lowest BCUT2D eigenvalue weighted by molar-refractivity contribution is -0.131. The van der Waals surface area contributed by atoms with E-state index >= 15 is 0 Å². The minimum Gasteiger partial charge on any atom is -0.497 e. The zero-order valence-corrected chi connectivity index (χ0v) is 16.2. The second kappa shape index (κ2) is 6.09. The van der Waals surface area contributed by atoms with E-state index in [9.17, 15) is 4.79 Å². The van der Waals surface area contributed by atoms with Gasteiger partial charge in [-0.25, -0.2) is 0 Å². The third-order valence-corrected chi connectivity index (χ3v) is 8.04. The topological polar surface area (TPSA) is 29.5 Å². The van der Waals surface area contributed by atoms with Gasteiger partial charge in [-0.1, -0.05) is 19.4 Å². The van der Waals surface area contributed by atoms with Gasteiger partial charge in [-0.05, 0) is 73.2 Å². The molecular formula is C23H31NO2. The zero-order chi connectivity index (χ0) is 17.9. The van der Waals surface area contributed by atoms with Gasteiger partial charge in [0, 0.05) is 30.8 Å². The molecule has 0 spiro atoms. The minimum absolute atomic E-state index is 0.0532. The summed E-state index contributed by atoms with van der Waals surface area (Å²) in [5.41, 5.74) is 2.95. The number of hydrogen-bond donors (Lipinski definition) is 0. The fourth-order valence-electron chi connectivity index (χ4n) is 6.76. The van der Waals surface area contributed by atoms with E-state index in [0.717, 1.165) is 43.9 Å². The third-order valence-electron chi connectivity index (χ3n) is 8.04. The van der Waals surface area contributed by atoms with Gasteiger partial charge in [0.05, 0.1) is 7.11 Å². The summed E-state index contributed by atoms with van der Waals surface area (Å²) in [5, 5.41) is 0. The predicted molar refractivity (Wildman–Crippen MR) is 103 cm³/mol. The normalized spacial score (nSPS) is 36.8. The van der Waals surface area contributed by atoms with Gasteiger partial charge < -0.3 is 4.74 Å². The van der Waals surface area contributed by atoms with Crippen molar-refractivity contribution in [3.8, 4) is 5.75 Å². The number of benzene rings is 1. The molecule has 140 valence electrons. The molecule has 1 aliphatic heterocycles. The average molecular weight is 354 g/mol. The number of piperidine rings is 1. The molecule has 1 heterocycles. The fraction of sp³-hybridized carbons (Fsp3) is 0.696. The number of hydrogen-bond acceptors (Lipinski definition) is 3. The molecular weight excluding hydrogens is 322 g/mol. The summed E-state index contributed by atoms with van der Waals surface area (Å²) in [4.78, 5) is 15.5. The van der Waals surface area contributed by atoms with Crippen molar-refractivity contribution >= 4 is 5.78 Å². The van der Waals surface area contributed by atoms with Gasteiger partial charge >= 0.3 is 0 Å². The highest BCUT2D eigenvalue weighted by Gasteiger charge is 2.58. The number of fused-ring (bicyclic) bond motifs is 1. The van der Waals surface area contributed by atoms with Gasteiger partial charge in [0.15, 0.2) is 0 Å². The van der Waals surface area contributed by atoms with Crippen LogP contribution in [0, 0.1) is 17.8 Å². The number of ketones is 1. The number of ether oxygens (including phenoxy) is 1. The van der Waals surface area contributed by atoms with E-state index in [0.29, 0.717) is 23.7 Å². The van der Waals surface area contributed by atoms with E-state index in [1.807, 2.05) is 0 Å². The molecule has 3 fully saturated rings. The van der Waals surface area contributed by atoms with E-state index < -0.39 is 0 Å². The molecule has 3 nitrogen and oxygen atoms in total. The number of Topliss-reactive ketones (excluding diaryl/α,β-unsaturated/α-hetero) is 1. The predicted octanol–water partition coefficient (Wildman–Crippen LogP) is 3.98. The maximum Gasteiger partial charge on any atom is 0.134 e. The zero-order valence-electron chi connectivity index (χ0n) is 16.2. The molecule has 1 aromatic rings. The Kier molecular flexibility index (Phi) is 3.93. The number of methoxy groups -OCH3 is 1. The number of likely N-dealkylation sites (tertiary alicyclic amines) is 1. The second-order valence-electron chi connectivity index (χ2n) is 9.42. The Hall–Kier alpha value is -1.35. The van der Waals surface area contributed by atoms with Crippen molar-refractivity contribution in [1.29, 1.82) is 0 Å². The minimum atomic E-state index is 0.0532. The summed E-state index contributed by atoms with van der Waals surface area (Å²) in [6.45, 7) is 4.78. The Morgan fingerprint density at radius 2 is 2.12 bits per heavy atom. The van der Waals surface area contributed by atoms with Crippen LogP contribution in [0.4, 0.5) is 0 Å². The molecule has 2 unspecified atom stereocenters. The van der Waals surface area contributed by atoms with Crippen molar-refractivity contribution in [3.05, 3.63) is 29.3 Å². The van der Waals surface area contributed by atoms with Crippen LogP contribution in [0.15, 0.2) is 18.2 Å². The van der Waals surface area contributed by atoms with Crippen molar-refractivity contribution in [2.45, 2.75) is 63.3 Å². The lowest BCUT2D eigenvalue weighted by Crippen LogP contribution is -2.64. The molecule has 4 atom stereocenters. The van der Waals surface area contributed by atoms with Crippen molar-refractivity contribution in [3.63, 3.8) is 0 Å². The van der Waals surface area contributed by atoms with Crippen LogP contribution in [0.1, 0.15) is 56.6 Å². The Bertz CT molecular complexity index is 725. The molecule has 0 amide bonds. The first-order chi connectivity index (χ1) is 12.6. The third kappa shape index (κ3) is 2.39. The fourth-order valence-corrected chi connectivity index (χ4v) is 6.76. The van der Waals surface area contributed by atoms with Crippen LogP contribution in [0.2, 0.25) is 0 Å². The van der Waals surface area contributed by atoms with Gasteiger partial charge in [0.1, 0.15) is 11.5 Å². The molecule has 0 radical (unpaired) electrons. The number of rotatable bonds is 3. The maximum atomic E-state index is 12.7. The van der Waals surface area contributed by atoms with Crippen LogP contribution in [0.3, 0.4) is 0 Å². The number of carbonyl (C=O) groups is 1. The summed E-state index contributed by atoms with van der Waals surface area (Å²) in [5.74, 6) is 3.44. The van der Waals surface area contributed by atoms with Crippen LogP contribution in [-0.2, 0) is 16.6 Å². The summed E-state index contributed by atoms with van der Waals surface area (Å²) in [6.07, 6.45) is 8.06. The molecule has 3 heteroatoms. The summed E-state index contributed by atoms with van der Waals surface area (Å²) in [6, 6.07) is 7.25. The second-order valence-corrected chi connectivity index (χ2v) is 9.42.